The fraction of sp³-hybridized carbons (Fsp3) is 0.125. The number of carbonyl (C=O) groups excluding carboxylic acids is 2. The number of hydrogen-bond donors (Lipinski definition) is 3. The van der Waals surface area contributed by atoms with Gasteiger partial charge in [0, 0.05) is 5.92 Å². The minimum absolute atomic E-state index is 0.0227. The molecule has 0 saturated carbocycles. The quantitative estimate of drug-likeness (QED) is 0.544. The molecule has 0 fully saturated rings. The number of carbonyl (C=O) groups is 3. The number of anilines is 1. The van der Waals surface area contributed by atoms with Crippen molar-refractivity contribution < 1.29 is 28.6 Å². The third-order valence-corrected chi connectivity index (χ3v) is 5.23. The molecule has 3 N–H and O–H groups in total. The van der Waals surface area contributed by atoms with Crippen LogP contribution in [0.3, 0.4) is 0 Å². The van der Waals surface area contributed by atoms with E-state index in [1.807, 2.05) is 48.5 Å². The SMILES string of the molecule is O=C(O)CNC(=O)c1cccc(F)c1NC(=O)OCC1c2ccccc2-c2ccccc21. The third kappa shape index (κ3) is 4.15. The molecule has 32 heavy (non-hydrogen) atoms. The van der Waals surface area contributed by atoms with Gasteiger partial charge >= 0.3 is 12.1 Å². The Morgan fingerprint density at radius 2 is 1.53 bits per heavy atom. The zero-order valence-electron chi connectivity index (χ0n) is 16.8. The van der Waals surface area contributed by atoms with Crippen LogP contribution in [-0.4, -0.2) is 36.2 Å². The highest BCUT2D eigenvalue weighted by Gasteiger charge is 2.29. The number of benzene rings is 3. The molecule has 0 spiro atoms. The Morgan fingerprint density at radius 1 is 0.906 bits per heavy atom. The first kappa shape index (κ1) is 21.0. The van der Waals surface area contributed by atoms with Crippen molar-refractivity contribution in [3.8, 4) is 11.1 Å². The summed E-state index contributed by atoms with van der Waals surface area (Å²) in [6.45, 7) is -0.616. The number of carboxylic acids is 1. The van der Waals surface area contributed by atoms with E-state index in [-0.39, 0.29) is 23.8 Å². The maximum absolute atomic E-state index is 14.3. The van der Waals surface area contributed by atoms with E-state index in [1.165, 1.54) is 12.1 Å². The third-order valence-electron chi connectivity index (χ3n) is 5.23. The summed E-state index contributed by atoms with van der Waals surface area (Å²) in [4.78, 5) is 35.3. The highest BCUT2D eigenvalue weighted by atomic mass is 19.1. The summed E-state index contributed by atoms with van der Waals surface area (Å²) in [5, 5.41) is 13.1. The van der Waals surface area contributed by atoms with Crippen molar-refractivity contribution in [2.24, 2.45) is 0 Å². The van der Waals surface area contributed by atoms with Crippen LogP contribution in [0.25, 0.3) is 11.1 Å². The van der Waals surface area contributed by atoms with Crippen molar-refractivity contribution in [3.63, 3.8) is 0 Å². The number of fused-ring (bicyclic) bond motifs is 3. The van der Waals surface area contributed by atoms with Crippen molar-refractivity contribution in [2.45, 2.75) is 5.92 Å². The molecule has 7 nitrogen and oxygen atoms in total. The van der Waals surface area contributed by atoms with Crippen LogP contribution in [-0.2, 0) is 9.53 Å². The lowest BCUT2D eigenvalue weighted by Gasteiger charge is -2.16. The van der Waals surface area contributed by atoms with E-state index in [0.29, 0.717) is 0 Å². The van der Waals surface area contributed by atoms with Gasteiger partial charge in [-0.1, -0.05) is 54.6 Å². The topological polar surface area (TPSA) is 105 Å². The van der Waals surface area contributed by atoms with Crippen LogP contribution in [0.15, 0.2) is 66.7 Å². The number of aliphatic carboxylic acids is 1. The fourth-order valence-electron chi connectivity index (χ4n) is 3.83. The van der Waals surface area contributed by atoms with Gasteiger partial charge in [-0.05, 0) is 34.4 Å². The fourth-order valence-corrected chi connectivity index (χ4v) is 3.83. The van der Waals surface area contributed by atoms with Gasteiger partial charge < -0.3 is 15.2 Å². The lowest BCUT2D eigenvalue weighted by Crippen LogP contribution is -2.30. The van der Waals surface area contributed by atoms with Crippen molar-refractivity contribution in [3.05, 3.63) is 89.2 Å². The van der Waals surface area contributed by atoms with Crippen LogP contribution < -0.4 is 10.6 Å². The molecule has 1 aliphatic carbocycles. The van der Waals surface area contributed by atoms with E-state index in [9.17, 15) is 18.8 Å². The minimum atomic E-state index is -1.25. The predicted octanol–water partition coefficient (Wildman–Crippen LogP) is 4.00. The number of hydrogen-bond acceptors (Lipinski definition) is 4. The molecule has 3 aromatic carbocycles. The molecule has 0 radical (unpaired) electrons. The van der Waals surface area contributed by atoms with Gasteiger partial charge in [0.15, 0.2) is 0 Å². The predicted molar refractivity (Wildman–Crippen MR) is 115 cm³/mol. The smallest absolute Gasteiger partial charge is 0.411 e. The number of carboxylic acid groups (broad SMARTS) is 1. The largest absolute Gasteiger partial charge is 0.480 e. The Hall–Kier alpha value is -4.20. The first-order valence-electron chi connectivity index (χ1n) is 9.86. The summed E-state index contributed by atoms with van der Waals surface area (Å²) < 4.78 is 19.7. The number of nitrogens with one attached hydrogen (secondary N) is 2. The van der Waals surface area contributed by atoms with Crippen LogP contribution in [0, 0.1) is 5.82 Å². The molecule has 8 heteroatoms. The molecule has 2 amide bonds. The summed E-state index contributed by atoms with van der Waals surface area (Å²) in [5.41, 5.74) is 3.61. The average Bonchev–Trinajstić information content (AvgIpc) is 3.11. The first-order chi connectivity index (χ1) is 15.5. The molecule has 0 unspecified atom stereocenters. The van der Waals surface area contributed by atoms with Crippen LogP contribution >= 0.6 is 0 Å². The molecule has 0 atom stereocenters. The summed E-state index contributed by atoms with van der Waals surface area (Å²) in [6.07, 6.45) is -0.927. The van der Waals surface area contributed by atoms with Crippen LogP contribution in [0.4, 0.5) is 14.9 Å². The van der Waals surface area contributed by atoms with Gasteiger partial charge in [-0.2, -0.15) is 0 Å². The molecule has 0 aromatic heterocycles. The van der Waals surface area contributed by atoms with Crippen LogP contribution in [0.2, 0.25) is 0 Å². The second kappa shape index (κ2) is 8.89. The summed E-state index contributed by atoms with van der Waals surface area (Å²) in [5.74, 6) is -3.10. The Balaban J connectivity index is 1.49. The number of ether oxygens (including phenoxy) is 1. The molecule has 0 aliphatic heterocycles. The van der Waals surface area contributed by atoms with Crippen LogP contribution in [0.5, 0.6) is 0 Å². The van der Waals surface area contributed by atoms with Crippen LogP contribution in [0.1, 0.15) is 27.4 Å². The molecular weight excluding hydrogens is 415 g/mol. The van der Waals surface area contributed by atoms with E-state index in [4.69, 9.17) is 9.84 Å². The lowest BCUT2D eigenvalue weighted by atomic mass is 9.98. The molecule has 0 bridgehead atoms. The normalized spacial score (nSPS) is 11.9. The Bertz CT molecular complexity index is 1160. The van der Waals surface area contributed by atoms with Gasteiger partial charge in [-0.15, -0.1) is 0 Å². The Kier molecular flexibility index (Phi) is 5.85. The highest BCUT2D eigenvalue weighted by molar-refractivity contribution is 6.03. The zero-order valence-corrected chi connectivity index (χ0v) is 16.8. The van der Waals surface area contributed by atoms with Gasteiger partial charge in [-0.3, -0.25) is 14.9 Å². The number of rotatable bonds is 6. The Labute approximate surface area is 182 Å². The number of para-hydroxylation sites is 1. The van der Waals surface area contributed by atoms with E-state index in [2.05, 4.69) is 10.6 Å². The first-order valence-corrected chi connectivity index (χ1v) is 9.86. The zero-order chi connectivity index (χ0) is 22.7. The van der Waals surface area contributed by atoms with Gasteiger partial charge in [0.1, 0.15) is 19.0 Å². The number of halogens is 1. The number of amides is 2. The lowest BCUT2D eigenvalue weighted by molar-refractivity contribution is -0.135. The van der Waals surface area contributed by atoms with Gasteiger partial charge in [-0.25, -0.2) is 9.18 Å². The maximum Gasteiger partial charge on any atom is 0.411 e. The van der Waals surface area contributed by atoms with Crippen molar-refractivity contribution in [1.29, 1.82) is 0 Å². The molecule has 0 heterocycles. The van der Waals surface area contributed by atoms with E-state index < -0.39 is 30.3 Å². The van der Waals surface area contributed by atoms with Crippen molar-refractivity contribution in [2.75, 3.05) is 18.5 Å². The van der Waals surface area contributed by atoms with Gasteiger partial charge in [0.25, 0.3) is 5.91 Å². The van der Waals surface area contributed by atoms with Gasteiger partial charge in [0.2, 0.25) is 0 Å². The highest BCUT2D eigenvalue weighted by Crippen LogP contribution is 2.44. The van der Waals surface area contributed by atoms with Gasteiger partial charge in [0.05, 0.1) is 11.3 Å². The van der Waals surface area contributed by atoms with E-state index >= 15 is 0 Å². The monoisotopic (exact) mass is 434 g/mol. The maximum atomic E-state index is 14.3. The molecule has 3 aromatic rings. The molecule has 0 saturated heterocycles. The second-order valence-corrected chi connectivity index (χ2v) is 7.19. The summed E-state index contributed by atoms with van der Waals surface area (Å²) in [6, 6.07) is 19.3. The molecular formula is C24H19FN2O5. The van der Waals surface area contributed by atoms with E-state index in [1.54, 1.807) is 0 Å². The molecule has 1 aliphatic rings. The second-order valence-electron chi connectivity index (χ2n) is 7.19. The summed E-state index contributed by atoms with van der Waals surface area (Å²) >= 11 is 0. The minimum Gasteiger partial charge on any atom is -0.480 e. The standard InChI is InChI=1S/C24H19FN2O5/c25-20-11-5-10-18(23(30)26-12-21(28)29)22(20)27-24(31)32-13-19-16-8-3-1-6-14(16)15-7-2-4-9-17(15)19/h1-11,19H,12-13H2,(H,26,30)(H,27,31)(H,28,29). The van der Waals surface area contributed by atoms with Crippen molar-refractivity contribution >= 4 is 23.7 Å². The molecule has 162 valence electrons. The average molecular weight is 434 g/mol. The Morgan fingerprint density at radius 3 is 2.16 bits per heavy atom. The van der Waals surface area contributed by atoms with Crippen molar-refractivity contribution in [1.82, 2.24) is 5.32 Å². The summed E-state index contributed by atoms with van der Waals surface area (Å²) in [7, 11) is 0. The molecule has 4 rings (SSSR count). The van der Waals surface area contributed by atoms with E-state index in [0.717, 1.165) is 28.3 Å².